The fourth-order valence-electron chi connectivity index (χ4n) is 4.40. The van der Waals surface area contributed by atoms with Crippen molar-refractivity contribution in [3.63, 3.8) is 0 Å². The SMILES string of the molecule is CCc1ncnc(N2CC3CC(C2)N3c2cc(C)nc3cc(C)nn23)c1F. The van der Waals surface area contributed by atoms with Gasteiger partial charge >= 0.3 is 0 Å². The van der Waals surface area contributed by atoms with E-state index in [0.717, 1.165) is 42.4 Å². The molecular formula is C19H22FN7. The number of halogens is 1. The molecule has 2 bridgehead atoms. The molecule has 3 fully saturated rings. The van der Waals surface area contributed by atoms with Crippen LogP contribution in [0.2, 0.25) is 0 Å². The lowest BCUT2D eigenvalue weighted by atomic mass is 9.87. The second-order valence-corrected chi connectivity index (χ2v) is 7.48. The van der Waals surface area contributed by atoms with Gasteiger partial charge in [0.25, 0.3) is 0 Å². The Bertz CT molecular complexity index is 1020. The van der Waals surface area contributed by atoms with Gasteiger partial charge in [-0.3, -0.25) is 0 Å². The number of hydrogen-bond donors (Lipinski definition) is 0. The molecule has 3 aliphatic heterocycles. The molecular weight excluding hydrogens is 345 g/mol. The van der Waals surface area contributed by atoms with Crippen LogP contribution >= 0.6 is 0 Å². The Morgan fingerprint density at radius 3 is 2.63 bits per heavy atom. The molecule has 0 amide bonds. The minimum Gasteiger partial charge on any atom is -0.350 e. The summed E-state index contributed by atoms with van der Waals surface area (Å²) in [5.74, 6) is 1.23. The number of nitrogens with zero attached hydrogens (tertiary/aromatic N) is 7. The Morgan fingerprint density at radius 2 is 1.89 bits per heavy atom. The van der Waals surface area contributed by atoms with Gasteiger partial charge < -0.3 is 9.80 Å². The summed E-state index contributed by atoms with van der Waals surface area (Å²) in [5, 5.41) is 4.62. The molecule has 140 valence electrons. The number of aryl methyl sites for hydroxylation is 3. The van der Waals surface area contributed by atoms with Crippen molar-refractivity contribution in [3.8, 4) is 0 Å². The zero-order valence-corrected chi connectivity index (χ0v) is 15.7. The number of piperazine rings is 1. The number of rotatable bonds is 3. The van der Waals surface area contributed by atoms with Gasteiger partial charge in [-0.25, -0.2) is 19.3 Å². The van der Waals surface area contributed by atoms with E-state index in [9.17, 15) is 4.39 Å². The van der Waals surface area contributed by atoms with Crippen LogP contribution in [-0.2, 0) is 6.42 Å². The summed E-state index contributed by atoms with van der Waals surface area (Å²) in [6.45, 7) is 7.40. The highest BCUT2D eigenvalue weighted by Gasteiger charge is 2.46. The van der Waals surface area contributed by atoms with Crippen LogP contribution in [0, 0.1) is 19.7 Å². The summed E-state index contributed by atoms with van der Waals surface area (Å²) < 4.78 is 16.6. The number of anilines is 2. The molecule has 3 aromatic rings. The van der Waals surface area contributed by atoms with Gasteiger partial charge in [0.15, 0.2) is 17.3 Å². The summed E-state index contributed by atoms with van der Waals surface area (Å²) in [4.78, 5) is 17.3. The first-order valence-corrected chi connectivity index (χ1v) is 9.42. The summed E-state index contributed by atoms with van der Waals surface area (Å²) in [7, 11) is 0. The lowest BCUT2D eigenvalue weighted by Crippen LogP contribution is -2.69. The van der Waals surface area contributed by atoms with Crippen molar-refractivity contribution in [1.29, 1.82) is 0 Å². The van der Waals surface area contributed by atoms with E-state index in [1.165, 1.54) is 6.33 Å². The van der Waals surface area contributed by atoms with E-state index in [4.69, 9.17) is 0 Å². The third kappa shape index (κ3) is 2.46. The van der Waals surface area contributed by atoms with Crippen LogP contribution in [0.15, 0.2) is 18.5 Å². The van der Waals surface area contributed by atoms with Gasteiger partial charge in [-0.2, -0.15) is 9.61 Å². The van der Waals surface area contributed by atoms with Crippen LogP contribution in [0.25, 0.3) is 5.65 Å². The molecule has 3 saturated heterocycles. The first-order valence-electron chi connectivity index (χ1n) is 9.42. The molecule has 3 aromatic heterocycles. The monoisotopic (exact) mass is 367 g/mol. The zero-order valence-electron chi connectivity index (χ0n) is 15.7. The smallest absolute Gasteiger partial charge is 0.187 e. The minimum absolute atomic E-state index is 0.280. The third-order valence-electron chi connectivity index (χ3n) is 5.59. The molecule has 0 saturated carbocycles. The molecule has 6 heterocycles. The van der Waals surface area contributed by atoms with E-state index < -0.39 is 0 Å². The molecule has 0 aromatic carbocycles. The summed E-state index contributed by atoms with van der Waals surface area (Å²) in [6, 6.07) is 4.73. The predicted molar refractivity (Wildman–Crippen MR) is 101 cm³/mol. The lowest BCUT2D eigenvalue weighted by molar-refractivity contribution is 0.284. The molecule has 0 spiro atoms. The van der Waals surface area contributed by atoms with Crippen molar-refractivity contribution in [2.75, 3.05) is 22.9 Å². The lowest BCUT2D eigenvalue weighted by Gasteiger charge is -2.57. The fraction of sp³-hybridized carbons (Fsp3) is 0.474. The van der Waals surface area contributed by atoms with Gasteiger partial charge in [-0.15, -0.1) is 0 Å². The first kappa shape index (κ1) is 16.4. The molecule has 3 aliphatic rings. The average molecular weight is 367 g/mol. The molecule has 0 N–H and O–H groups in total. The molecule has 2 unspecified atom stereocenters. The van der Waals surface area contributed by atoms with Crippen LogP contribution in [0.3, 0.4) is 0 Å². The fourth-order valence-corrected chi connectivity index (χ4v) is 4.40. The van der Waals surface area contributed by atoms with Gasteiger partial charge in [0, 0.05) is 30.9 Å². The molecule has 2 atom stereocenters. The number of piperidine rings is 1. The number of fused-ring (bicyclic) bond motifs is 3. The summed E-state index contributed by atoms with van der Waals surface area (Å²) in [5.41, 5.74) is 3.29. The standard InChI is InChI=1S/C19H22FN7/c1-4-15-18(20)19(22-10-21-15)25-8-13-7-14(9-25)26(13)17-6-11(2)23-16-5-12(3)24-27(16)17/h5-6,10,13-14H,4,7-9H2,1-3H3. The summed E-state index contributed by atoms with van der Waals surface area (Å²) >= 11 is 0. The van der Waals surface area contributed by atoms with Gasteiger partial charge in [0.05, 0.1) is 23.5 Å². The quantitative estimate of drug-likeness (QED) is 0.708. The largest absolute Gasteiger partial charge is 0.350 e. The summed E-state index contributed by atoms with van der Waals surface area (Å²) in [6.07, 6.45) is 3.14. The van der Waals surface area contributed by atoms with Gasteiger partial charge in [-0.1, -0.05) is 6.92 Å². The van der Waals surface area contributed by atoms with Crippen LogP contribution in [0.5, 0.6) is 0 Å². The highest BCUT2D eigenvalue weighted by Crippen LogP contribution is 2.39. The van der Waals surface area contributed by atoms with Crippen LogP contribution in [-0.4, -0.2) is 49.7 Å². The van der Waals surface area contributed by atoms with Gasteiger partial charge in [0.1, 0.15) is 12.1 Å². The van der Waals surface area contributed by atoms with E-state index in [2.05, 4.69) is 35.9 Å². The second-order valence-electron chi connectivity index (χ2n) is 7.48. The van der Waals surface area contributed by atoms with Crippen LogP contribution < -0.4 is 9.80 Å². The van der Waals surface area contributed by atoms with E-state index in [1.807, 2.05) is 31.4 Å². The highest BCUT2D eigenvalue weighted by atomic mass is 19.1. The van der Waals surface area contributed by atoms with Gasteiger partial charge in [0.2, 0.25) is 0 Å². The van der Waals surface area contributed by atoms with E-state index in [1.54, 1.807) is 0 Å². The van der Waals surface area contributed by atoms with Crippen molar-refractivity contribution in [2.45, 2.75) is 45.7 Å². The van der Waals surface area contributed by atoms with Crippen molar-refractivity contribution >= 4 is 17.3 Å². The maximum atomic E-state index is 14.7. The van der Waals surface area contributed by atoms with Crippen molar-refractivity contribution < 1.29 is 4.39 Å². The van der Waals surface area contributed by atoms with Crippen LogP contribution in [0.4, 0.5) is 16.0 Å². The van der Waals surface area contributed by atoms with E-state index in [-0.39, 0.29) is 5.82 Å². The molecule has 0 radical (unpaired) electrons. The molecule has 27 heavy (non-hydrogen) atoms. The van der Waals surface area contributed by atoms with Crippen molar-refractivity contribution in [1.82, 2.24) is 24.6 Å². The van der Waals surface area contributed by atoms with Gasteiger partial charge in [-0.05, 0) is 26.7 Å². The first-order chi connectivity index (χ1) is 13.0. The Hall–Kier alpha value is -2.77. The molecule has 8 heteroatoms. The Morgan fingerprint density at radius 1 is 1.11 bits per heavy atom. The third-order valence-corrected chi connectivity index (χ3v) is 5.59. The second kappa shape index (κ2) is 5.87. The number of hydrogen-bond acceptors (Lipinski definition) is 6. The predicted octanol–water partition coefficient (Wildman–Crippen LogP) is 2.31. The highest BCUT2D eigenvalue weighted by molar-refractivity contribution is 5.57. The maximum absolute atomic E-state index is 14.7. The Balaban J connectivity index is 1.46. The Labute approximate surface area is 156 Å². The minimum atomic E-state index is -0.280. The molecule has 0 aliphatic carbocycles. The van der Waals surface area contributed by atoms with Crippen LogP contribution in [0.1, 0.15) is 30.4 Å². The maximum Gasteiger partial charge on any atom is 0.187 e. The average Bonchev–Trinajstić information content (AvgIpc) is 3.02. The molecule has 7 nitrogen and oxygen atoms in total. The normalized spacial score (nSPS) is 21.6. The van der Waals surface area contributed by atoms with Crippen molar-refractivity contribution in [3.05, 3.63) is 41.4 Å². The number of aromatic nitrogens is 5. The van der Waals surface area contributed by atoms with E-state index >= 15 is 0 Å². The molecule has 6 rings (SSSR count). The van der Waals surface area contributed by atoms with E-state index in [0.29, 0.717) is 30.0 Å². The topological polar surface area (TPSA) is 62.5 Å². The Kier molecular flexibility index (Phi) is 3.57. The van der Waals surface area contributed by atoms with Crippen molar-refractivity contribution in [2.24, 2.45) is 0 Å². The zero-order chi connectivity index (χ0) is 18.7.